The van der Waals surface area contributed by atoms with Crippen LogP contribution in [0.5, 0.6) is 0 Å². The van der Waals surface area contributed by atoms with Crippen molar-refractivity contribution >= 4 is 0 Å². The van der Waals surface area contributed by atoms with Crippen molar-refractivity contribution in [3.05, 3.63) is 35.4 Å². The minimum atomic E-state index is -0.908. The van der Waals surface area contributed by atoms with E-state index in [0.717, 1.165) is 31.4 Å². The van der Waals surface area contributed by atoms with Crippen LogP contribution in [0.3, 0.4) is 0 Å². The van der Waals surface area contributed by atoms with E-state index >= 15 is 0 Å². The fourth-order valence-electron chi connectivity index (χ4n) is 3.47. The fourth-order valence-corrected chi connectivity index (χ4v) is 3.47. The standard InChI is InChI=1S/C18H26F2O/c1-17(2,3)14-5-4-9-18(21,10-8-14)12-13-11-15(19)6-7-16(13)20/h6-7,11,14,21H,4-5,8-10,12H2,1-3H3. The van der Waals surface area contributed by atoms with E-state index < -0.39 is 17.2 Å². The molecule has 0 saturated heterocycles. The number of hydrogen-bond acceptors (Lipinski definition) is 1. The smallest absolute Gasteiger partial charge is 0.126 e. The molecule has 1 aromatic carbocycles. The third-order valence-corrected chi connectivity index (χ3v) is 4.90. The van der Waals surface area contributed by atoms with Gasteiger partial charge in [0.05, 0.1) is 5.60 Å². The van der Waals surface area contributed by atoms with Crippen molar-refractivity contribution in [2.24, 2.45) is 11.3 Å². The molecule has 3 heteroatoms. The molecule has 2 unspecified atom stereocenters. The number of rotatable bonds is 2. The number of halogens is 2. The zero-order valence-corrected chi connectivity index (χ0v) is 13.3. The highest BCUT2D eigenvalue weighted by atomic mass is 19.1. The lowest BCUT2D eigenvalue weighted by atomic mass is 9.76. The molecule has 0 amide bonds. The van der Waals surface area contributed by atoms with E-state index in [1.54, 1.807) is 0 Å². The summed E-state index contributed by atoms with van der Waals surface area (Å²) in [6.45, 7) is 6.69. The molecule has 1 aliphatic carbocycles. The van der Waals surface area contributed by atoms with Crippen molar-refractivity contribution in [3.8, 4) is 0 Å². The molecule has 1 nitrogen and oxygen atoms in total. The molecule has 21 heavy (non-hydrogen) atoms. The summed E-state index contributed by atoms with van der Waals surface area (Å²) in [6, 6.07) is 3.47. The largest absolute Gasteiger partial charge is 0.390 e. The van der Waals surface area contributed by atoms with Gasteiger partial charge in [-0.15, -0.1) is 0 Å². The molecule has 1 fully saturated rings. The predicted molar refractivity (Wildman–Crippen MR) is 81.0 cm³/mol. The lowest BCUT2D eigenvalue weighted by Gasteiger charge is -2.31. The monoisotopic (exact) mass is 296 g/mol. The molecule has 118 valence electrons. The number of benzene rings is 1. The Bertz CT molecular complexity index is 492. The average molecular weight is 296 g/mol. The summed E-state index contributed by atoms with van der Waals surface area (Å²) in [6.07, 6.45) is 4.50. The van der Waals surface area contributed by atoms with Crippen LogP contribution in [0.15, 0.2) is 18.2 Å². The molecule has 1 N–H and O–H groups in total. The van der Waals surface area contributed by atoms with Crippen molar-refractivity contribution in [2.75, 3.05) is 0 Å². The Morgan fingerprint density at radius 2 is 1.90 bits per heavy atom. The van der Waals surface area contributed by atoms with Gasteiger partial charge in [-0.1, -0.05) is 27.2 Å². The van der Waals surface area contributed by atoms with E-state index in [0.29, 0.717) is 18.8 Å². The van der Waals surface area contributed by atoms with Gasteiger partial charge in [-0.3, -0.25) is 0 Å². The highest BCUT2D eigenvalue weighted by Crippen LogP contribution is 2.40. The van der Waals surface area contributed by atoms with Gasteiger partial charge < -0.3 is 5.11 Å². The highest BCUT2D eigenvalue weighted by Gasteiger charge is 2.35. The van der Waals surface area contributed by atoms with Crippen LogP contribution in [0.2, 0.25) is 0 Å². The van der Waals surface area contributed by atoms with Crippen LogP contribution >= 0.6 is 0 Å². The molecule has 0 aliphatic heterocycles. The second kappa shape index (κ2) is 6.04. The minimum absolute atomic E-state index is 0.202. The Balaban J connectivity index is 2.10. The molecule has 0 spiro atoms. The summed E-state index contributed by atoms with van der Waals surface area (Å²) >= 11 is 0. The summed E-state index contributed by atoms with van der Waals surface area (Å²) < 4.78 is 27.1. The fraction of sp³-hybridized carbons (Fsp3) is 0.667. The summed E-state index contributed by atoms with van der Waals surface area (Å²) in [5.41, 5.74) is -0.393. The zero-order chi connectivity index (χ0) is 15.7. The Morgan fingerprint density at radius 3 is 2.57 bits per heavy atom. The molecule has 1 aromatic rings. The van der Waals surface area contributed by atoms with E-state index in [1.807, 2.05) is 0 Å². The van der Waals surface area contributed by atoms with Gasteiger partial charge in [0, 0.05) is 6.42 Å². The number of aliphatic hydroxyl groups is 1. The Hall–Kier alpha value is -0.960. The maximum Gasteiger partial charge on any atom is 0.126 e. The van der Waals surface area contributed by atoms with E-state index in [-0.39, 0.29) is 17.4 Å². The van der Waals surface area contributed by atoms with Gasteiger partial charge in [0.2, 0.25) is 0 Å². The van der Waals surface area contributed by atoms with Crippen molar-refractivity contribution in [3.63, 3.8) is 0 Å². The highest BCUT2D eigenvalue weighted by molar-refractivity contribution is 5.21. The zero-order valence-electron chi connectivity index (χ0n) is 13.3. The van der Waals surface area contributed by atoms with Crippen LogP contribution in [0.4, 0.5) is 8.78 Å². The first-order chi connectivity index (χ1) is 9.70. The van der Waals surface area contributed by atoms with E-state index in [1.165, 1.54) is 6.07 Å². The minimum Gasteiger partial charge on any atom is -0.390 e. The van der Waals surface area contributed by atoms with Crippen LogP contribution in [-0.4, -0.2) is 10.7 Å². The van der Waals surface area contributed by atoms with Crippen LogP contribution in [0.25, 0.3) is 0 Å². The van der Waals surface area contributed by atoms with Crippen LogP contribution in [0, 0.1) is 23.0 Å². The lowest BCUT2D eigenvalue weighted by molar-refractivity contribution is 0.0217. The molecular formula is C18H26F2O. The van der Waals surface area contributed by atoms with Crippen molar-refractivity contribution in [1.29, 1.82) is 0 Å². The van der Waals surface area contributed by atoms with Gasteiger partial charge in [0.25, 0.3) is 0 Å². The van der Waals surface area contributed by atoms with Crippen LogP contribution < -0.4 is 0 Å². The van der Waals surface area contributed by atoms with Gasteiger partial charge in [0.1, 0.15) is 11.6 Å². The van der Waals surface area contributed by atoms with Gasteiger partial charge in [0.15, 0.2) is 0 Å². The molecule has 0 radical (unpaired) electrons. The Labute approximate surface area is 126 Å². The van der Waals surface area contributed by atoms with Gasteiger partial charge >= 0.3 is 0 Å². The second-order valence-electron chi connectivity index (χ2n) is 7.63. The first-order valence-corrected chi connectivity index (χ1v) is 7.86. The maximum atomic E-state index is 13.8. The summed E-state index contributed by atoms with van der Waals surface area (Å²) in [4.78, 5) is 0. The molecule has 0 heterocycles. The normalized spacial score (nSPS) is 27.4. The lowest BCUT2D eigenvalue weighted by Crippen LogP contribution is -2.31. The Kier molecular flexibility index (Phi) is 4.72. The first kappa shape index (κ1) is 16.4. The summed E-state index contributed by atoms with van der Waals surface area (Å²) in [5, 5.41) is 10.8. The summed E-state index contributed by atoms with van der Waals surface area (Å²) in [5.74, 6) is -0.304. The van der Waals surface area contributed by atoms with Gasteiger partial charge in [-0.05, 0) is 60.8 Å². The third kappa shape index (κ3) is 4.26. The van der Waals surface area contributed by atoms with E-state index in [9.17, 15) is 13.9 Å². The van der Waals surface area contributed by atoms with Crippen molar-refractivity contribution in [1.82, 2.24) is 0 Å². The third-order valence-electron chi connectivity index (χ3n) is 4.90. The van der Waals surface area contributed by atoms with Crippen LogP contribution in [0.1, 0.15) is 58.4 Å². The average Bonchev–Trinajstić information content (AvgIpc) is 2.55. The summed E-state index contributed by atoms with van der Waals surface area (Å²) in [7, 11) is 0. The molecule has 2 atom stereocenters. The molecule has 0 bridgehead atoms. The van der Waals surface area contributed by atoms with Gasteiger partial charge in [-0.25, -0.2) is 8.78 Å². The molecule has 1 saturated carbocycles. The maximum absolute atomic E-state index is 13.8. The van der Waals surface area contributed by atoms with Crippen molar-refractivity contribution in [2.45, 2.75) is 64.9 Å². The van der Waals surface area contributed by atoms with Gasteiger partial charge in [-0.2, -0.15) is 0 Å². The van der Waals surface area contributed by atoms with E-state index in [2.05, 4.69) is 20.8 Å². The number of hydrogen-bond donors (Lipinski definition) is 1. The molecule has 2 rings (SSSR count). The topological polar surface area (TPSA) is 20.2 Å². The SMILES string of the molecule is CC(C)(C)C1CCCC(O)(Cc2cc(F)ccc2F)CC1. The molecule has 1 aliphatic rings. The quantitative estimate of drug-likeness (QED) is 0.772. The molecular weight excluding hydrogens is 270 g/mol. The predicted octanol–water partition coefficient (Wildman–Crippen LogP) is 4.86. The van der Waals surface area contributed by atoms with Crippen LogP contribution in [-0.2, 0) is 6.42 Å². The van der Waals surface area contributed by atoms with Crippen molar-refractivity contribution < 1.29 is 13.9 Å². The van der Waals surface area contributed by atoms with E-state index in [4.69, 9.17) is 0 Å². The molecule has 0 aromatic heterocycles. The first-order valence-electron chi connectivity index (χ1n) is 7.86. The Morgan fingerprint density at radius 1 is 1.19 bits per heavy atom. The second-order valence-corrected chi connectivity index (χ2v) is 7.63.